The molecule has 7 nitrogen and oxygen atoms in total. The van der Waals surface area contributed by atoms with E-state index in [2.05, 4.69) is 10.4 Å². The Balaban J connectivity index is 1.50. The van der Waals surface area contributed by atoms with E-state index in [-0.39, 0.29) is 21.4 Å². The maximum atomic E-state index is 13.1. The Morgan fingerprint density at radius 3 is 2.50 bits per heavy atom. The van der Waals surface area contributed by atoms with Gasteiger partial charge in [-0.1, -0.05) is 42.3 Å². The van der Waals surface area contributed by atoms with Gasteiger partial charge in [-0.2, -0.15) is 9.40 Å². The first kappa shape index (κ1) is 22.5. The zero-order valence-electron chi connectivity index (χ0n) is 17.6. The topological polar surface area (TPSA) is 84.3 Å². The lowest BCUT2D eigenvalue weighted by Crippen LogP contribution is -2.36. The highest BCUT2D eigenvalue weighted by molar-refractivity contribution is 7.89. The molecule has 0 radical (unpaired) electrons. The van der Waals surface area contributed by atoms with Crippen molar-refractivity contribution in [3.63, 3.8) is 0 Å². The van der Waals surface area contributed by atoms with E-state index in [1.165, 1.54) is 16.4 Å². The Morgan fingerprint density at radius 1 is 1.03 bits per heavy atom. The molecule has 1 fully saturated rings. The number of halogens is 1. The molecule has 1 amide bonds. The zero-order chi connectivity index (χ0) is 22.6. The minimum Gasteiger partial charge on any atom is -0.348 e. The number of benzene rings is 2. The normalized spacial score (nSPS) is 14.9. The van der Waals surface area contributed by atoms with Crippen molar-refractivity contribution >= 4 is 27.5 Å². The van der Waals surface area contributed by atoms with E-state index >= 15 is 0 Å². The number of piperidine rings is 1. The number of carbonyl (C=O) groups excluding carboxylic acids is 1. The van der Waals surface area contributed by atoms with Crippen molar-refractivity contribution in [2.24, 2.45) is 0 Å². The molecule has 168 valence electrons. The number of rotatable bonds is 7. The van der Waals surface area contributed by atoms with Crippen LogP contribution in [-0.2, 0) is 23.1 Å². The Morgan fingerprint density at radius 2 is 1.78 bits per heavy atom. The number of carbonyl (C=O) groups is 1. The van der Waals surface area contributed by atoms with Gasteiger partial charge < -0.3 is 5.32 Å². The molecule has 0 bridgehead atoms. The summed E-state index contributed by atoms with van der Waals surface area (Å²) in [6.45, 7) is 1.86. The smallest absolute Gasteiger partial charge is 0.251 e. The molecule has 2 heterocycles. The first-order chi connectivity index (χ1) is 15.4. The van der Waals surface area contributed by atoms with E-state index in [1.807, 2.05) is 41.2 Å². The van der Waals surface area contributed by atoms with E-state index in [0.717, 1.165) is 30.4 Å². The largest absolute Gasteiger partial charge is 0.348 e. The Hall–Kier alpha value is -2.68. The van der Waals surface area contributed by atoms with Gasteiger partial charge in [-0.3, -0.25) is 9.48 Å². The summed E-state index contributed by atoms with van der Waals surface area (Å²) in [4.78, 5) is 12.8. The van der Waals surface area contributed by atoms with Crippen LogP contribution in [0.1, 0.15) is 40.7 Å². The fourth-order valence-corrected chi connectivity index (χ4v) is 5.83. The SMILES string of the molecule is O=C(NCc1ccccc1Cn1cccn1)c1ccc(Cl)c(S(=O)(=O)N2CCCCC2)c1. The minimum atomic E-state index is -3.74. The van der Waals surface area contributed by atoms with E-state index in [4.69, 9.17) is 11.6 Å². The second-order valence-electron chi connectivity index (χ2n) is 7.76. The average Bonchev–Trinajstić information content (AvgIpc) is 3.32. The van der Waals surface area contributed by atoms with Crippen molar-refractivity contribution < 1.29 is 13.2 Å². The number of sulfonamides is 1. The summed E-state index contributed by atoms with van der Waals surface area (Å²) in [5.41, 5.74) is 2.27. The molecule has 32 heavy (non-hydrogen) atoms. The third kappa shape index (κ3) is 5.03. The lowest BCUT2D eigenvalue weighted by Gasteiger charge is -2.26. The van der Waals surface area contributed by atoms with Crippen molar-refractivity contribution in [1.82, 2.24) is 19.4 Å². The molecule has 0 unspecified atom stereocenters. The quantitative estimate of drug-likeness (QED) is 0.568. The van der Waals surface area contributed by atoms with Crippen LogP contribution in [-0.4, -0.2) is 41.5 Å². The lowest BCUT2D eigenvalue weighted by molar-refractivity contribution is 0.0950. The summed E-state index contributed by atoms with van der Waals surface area (Å²) in [5, 5.41) is 7.25. The van der Waals surface area contributed by atoms with Crippen LogP contribution < -0.4 is 5.32 Å². The molecular weight excluding hydrogens is 448 g/mol. The Kier molecular flexibility index (Phi) is 6.93. The predicted molar refractivity (Wildman–Crippen MR) is 123 cm³/mol. The summed E-state index contributed by atoms with van der Waals surface area (Å²) in [6, 6.07) is 14.1. The summed E-state index contributed by atoms with van der Waals surface area (Å²) in [7, 11) is -3.74. The highest BCUT2D eigenvalue weighted by atomic mass is 35.5. The van der Waals surface area contributed by atoms with Crippen LogP contribution in [0.15, 0.2) is 65.8 Å². The number of nitrogens with one attached hydrogen (secondary N) is 1. The molecule has 0 aliphatic carbocycles. The highest BCUT2D eigenvalue weighted by Gasteiger charge is 2.28. The van der Waals surface area contributed by atoms with Gasteiger partial charge in [0.15, 0.2) is 0 Å². The van der Waals surface area contributed by atoms with Gasteiger partial charge in [0, 0.05) is 37.6 Å². The summed E-state index contributed by atoms with van der Waals surface area (Å²) in [5.74, 6) is -0.356. The van der Waals surface area contributed by atoms with Crippen LogP contribution in [0.25, 0.3) is 0 Å². The van der Waals surface area contributed by atoms with E-state index in [9.17, 15) is 13.2 Å². The summed E-state index contributed by atoms with van der Waals surface area (Å²) in [6.07, 6.45) is 6.28. The molecule has 9 heteroatoms. The van der Waals surface area contributed by atoms with Crippen molar-refractivity contribution in [2.45, 2.75) is 37.2 Å². The van der Waals surface area contributed by atoms with Gasteiger partial charge in [0.2, 0.25) is 10.0 Å². The Bertz CT molecular complexity index is 1190. The standard InChI is InChI=1S/C23H25ClN4O3S/c24-21-10-9-18(15-22(21)32(30,31)28-13-4-1-5-14-28)23(29)25-16-19-7-2-3-8-20(19)17-27-12-6-11-26-27/h2-3,6-12,15H,1,4-5,13-14,16-17H2,(H,25,29). The number of hydrogen-bond acceptors (Lipinski definition) is 4. The van der Waals surface area contributed by atoms with Crippen LogP contribution in [0.5, 0.6) is 0 Å². The molecule has 0 atom stereocenters. The van der Waals surface area contributed by atoms with Crippen LogP contribution in [0.3, 0.4) is 0 Å². The molecule has 1 N–H and O–H groups in total. The van der Waals surface area contributed by atoms with E-state index in [0.29, 0.717) is 26.2 Å². The molecule has 0 spiro atoms. The highest BCUT2D eigenvalue weighted by Crippen LogP contribution is 2.28. The monoisotopic (exact) mass is 472 g/mol. The number of amides is 1. The molecule has 0 saturated carbocycles. The number of aromatic nitrogens is 2. The molecular formula is C23H25ClN4O3S. The molecule has 4 rings (SSSR count). The first-order valence-electron chi connectivity index (χ1n) is 10.6. The maximum absolute atomic E-state index is 13.1. The number of nitrogens with zero attached hydrogens (tertiary/aromatic N) is 3. The first-order valence-corrected chi connectivity index (χ1v) is 12.4. The van der Waals surface area contributed by atoms with Crippen molar-refractivity contribution in [2.75, 3.05) is 13.1 Å². The van der Waals surface area contributed by atoms with Crippen LogP contribution in [0, 0.1) is 0 Å². The van der Waals surface area contributed by atoms with Crippen LogP contribution in [0.4, 0.5) is 0 Å². The molecule has 1 aromatic heterocycles. The van der Waals surface area contributed by atoms with Gasteiger partial charge in [0.05, 0.1) is 11.6 Å². The molecule has 3 aromatic rings. The fourth-order valence-electron chi connectivity index (χ4n) is 3.82. The second-order valence-corrected chi connectivity index (χ2v) is 10.1. The van der Waals surface area contributed by atoms with E-state index < -0.39 is 10.0 Å². The zero-order valence-corrected chi connectivity index (χ0v) is 19.1. The number of hydrogen-bond donors (Lipinski definition) is 1. The predicted octanol–water partition coefficient (Wildman–Crippen LogP) is 3.69. The minimum absolute atomic E-state index is 0.0206. The van der Waals surface area contributed by atoms with Gasteiger partial charge in [0.1, 0.15) is 4.90 Å². The third-order valence-corrected chi connectivity index (χ3v) is 7.96. The van der Waals surface area contributed by atoms with Crippen LogP contribution >= 0.6 is 11.6 Å². The molecule has 1 saturated heterocycles. The van der Waals surface area contributed by atoms with Crippen molar-refractivity contribution in [1.29, 1.82) is 0 Å². The molecule has 2 aromatic carbocycles. The van der Waals surface area contributed by atoms with E-state index in [1.54, 1.807) is 12.3 Å². The molecule has 1 aliphatic rings. The summed E-state index contributed by atoms with van der Waals surface area (Å²) < 4.78 is 29.4. The second kappa shape index (κ2) is 9.85. The molecule has 1 aliphatic heterocycles. The van der Waals surface area contributed by atoms with Gasteiger partial charge in [0.25, 0.3) is 5.91 Å². The average molecular weight is 473 g/mol. The van der Waals surface area contributed by atoms with Crippen molar-refractivity contribution in [3.05, 3.63) is 82.6 Å². The third-order valence-electron chi connectivity index (χ3n) is 5.58. The van der Waals surface area contributed by atoms with Crippen molar-refractivity contribution in [3.8, 4) is 0 Å². The van der Waals surface area contributed by atoms with Gasteiger partial charge in [-0.15, -0.1) is 0 Å². The lowest BCUT2D eigenvalue weighted by atomic mass is 10.1. The Labute approximate surface area is 193 Å². The van der Waals surface area contributed by atoms with Gasteiger partial charge in [-0.25, -0.2) is 8.42 Å². The fraction of sp³-hybridized carbons (Fsp3) is 0.304. The van der Waals surface area contributed by atoms with Crippen LogP contribution in [0.2, 0.25) is 5.02 Å². The van der Waals surface area contributed by atoms with Gasteiger partial charge in [-0.05, 0) is 48.2 Å². The maximum Gasteiger partial charge on any atom is 0.251 e. The summed E-state index contributed by atoms with van der Waals surface area (Å²) >= 11 is 6.22. The van der Waals surface area contributed by atoms with Gasteiger partial charge >= 0.3 is 0 Å².